The Balaban J connectivity index is 1.63. The van der Waals surface area contributed by atoms with Crippen LogP contribution in [0.15, 0.2) is 24.5 Å². The topological polar surface area (TPSA) is 73.7 Å². The zero-order valence-electron chi connectivity index (χ0n) is 14.6. The van der Waals surface area contributed by atoms with Gasteiger partial charge in [-0.2, -0.15) is 0 Å². The first-order valence-corrected chi connectivity index (χ1v) is 9.27. The van der Waals surface area contributed by atoms with E-state index in [1.165, 1.54) is 6.42 Å². The van der Waals surface area contributed by atoms with Crippen molar-refractivity contribution < 1.29 is 14.7 Å². The lowest BCUT2D eigenvalue weighted by Gasteiger charge is -2.35. The molecular weight excluding hydrogens is 318 g/mol. The number of likely N-dealkylation sites (tertiary alicyclic amines) is 1. The number of carbonyl (C=O) groups excluding carboxylic acids is 2. The van der Waals surface area contributed by atoms with Crippen molar-refractivity contribution in [3.8, 4) is 0 Å². The van der Waals surface area contributed by atoms with E-state index in [1.807, 2.05) is 17.0 Å². The molecule has 1 aliphatic heterocycles. The maximum atomic E-state index is 13.0. The molecule has 136 valence electrons. The molecule has 0 aromatic carbocycles. The number of nitrogens with zero attached hydrogens (tertiary/aromatic N) is 3. The lowest BCUT2D eigenvalue weighted by molar-refractivity contribution is -0.139. The number of aliphatic hydroxyl groups is 1. The van der Waals surface area contributed by atoms with Crippen LogP contribution in [0.25, 0.3) is 0 Å². The molecule has 0 radical (unpaired) electrons. The molecule has 25 heavy (non-hydrogen) atoms. The van der Waals surface area contributed by atoms with Crippen LogP contribution in [0.1, 0.15) is 44.1 Å². The third kappa shape index (κ3) is 4.37. The van der Waals surface area contributed by atoms with Crippen molar-refractivity contribution in [3.05, 3.63) is 30.1 Å². The second kappa shape index (κ2) is 8.43. The first-order chi connectivity index (χ1) is 12.2. The number of amides is 2. The van der Waals surface area contributed by atoms with Crippen molar-refractivity contribution in [1.82, 2.24) is 14.8 Å². The number of aromatic nitrogens is 1. The molecule has 6 heteroatoms. The average molecular weight is 345 g/mol. The van der Waals surface area contributed by atoms with E-state index in [-0.39, 0.29) is 36.8 Å². The third-order valence-electron chi connectivity index (χ3n) is 5.33. The molecule has 1 saturated heterocycles. The number of aliphatic hydroxyl groups excluding tert-OH is 1. The molecule has 0 unspecified atom stereocenters. The van der Waals surface area contributed by atoms with Gasteiger partial charge in [-0.3, -0.25) is 14.6 Å². The van der Waals surface area contributed by atoms with E-state index in [1.54, 1.807) is 17.3 Å². The number of carbonyl (C=O) groups is 2. The Hall–Kier alpha value is -1.95. The Morgan fingerprint density at radius 3 is 2.64 bits per heavy atom. The molecule has 1 aliphatic carbocycles. The van der Waals surface area contributed by atoms with Crippen molar-refractivity contribution in [1.29, 1.82) is 0 Å². The molecule has 0 spiro atoms. The molecule has 1 aromatic heterocycles. The first-order valence-electron chi connectivity index (χ1n) is 9.27. The van der Waals surface area contributed by atoms with Gasteiger partial charge in [0.25, 0.3) is 0 Å². The maximum Gasteiger partial charge on any atom is 0.228 e. The summed E-state index contributed by atoms with van der Waals surface area (Å²) < 4.78 is 0. The summed E-state index contributed by atoms with van der Waals surface area (Å²) in [5, 5.41) is 9.38. The van der Waals surface area contributed by atoms with Crippen molar-refractivity contribution in [3.63, 3.8) is 0 Å². The van der Waals surface area contributed by atoms with E-state index in [4.69, 9.17) is 0 Å². The van der Waals surface area contributed by atoms with Crippen LogP contribution < -0.4 is 0 Å². The number of hydrogen-bond acceptors (Lipinski definition) is 4. The minimum absolute atomic E-state index is 0.0242. The Labute approximate surface area is 148 Å². The summed E-state index contributed by atoms with van der Waals surface area (Å²) in [6.45, 7) is 1.34. The highest BCUT2D eigenvalue weighted by atomic mass is 16.3. The predicted molar refractivity (Wildman–Crippen MR) is 93.4 cm³/mol. The van der Waals surface area contributed by atoms with Gasteiger partial charge in [0.15, 0.2) is 0 Å². The molecule has 2 fully saturated rings. The third-order valence-corrected chi connectivity index (χ3v) is 5.33. The molecular formula is C19H27N3O3. The quantitative estimate of drug-likeness (QED) is 0.850. The Kier molecular flexibility index (Phi) is 6.02. The van der Waals surface area contributed by atoms with Gasteiger partial charge in [-0.05, 0) is 30.5 Å². The van der Waals surface area contributed by atoms with Gasteiger partial charge < -0.3 is 14.9 Å². The smallest absolute Gasteiger partial charge is 0.228 e. The number of pyridine rings is 1. The predicted octanol–water partition coefficient (Wildman–Crippen LogP) is 1.58. The van der Waals surface area contributed by atoms with Gasteiger partial charge in [0.1, 0.15) is 0 Å². The SMILES string of the molecule is O=C1C[C@H](C(=O)N(CCO)C2CCCCC2)CN1Cc1ccncc1. The molecule has 3 rings (SSSR count). The van der Waals surface area contributed by atoms with Gasteiger partial charge >= 0.3 is 0 Å². The summed E-state index contributed by atoms with van der Waals surface area (Å²) >= 11 is 0. The highest BCUT2D eigenvalue weighted by molar-refractivity contribution is 5.89. The zero-order chi connectivity index (χ0) is 17.6. The molecule has 1 atom stereocenters. The van der Waals surface area contributed by atoms with Crippen molar-refractivity contribution in [2.24, 2.45) is 5.92 Å². The Morgan fingerprint density at radius 1 is 1.24 bits per heavy atom. The summed E-state index contributed by atoms with van der Waals surface area (Å²) in [6.07, 6.45) is 9.21. The van der Waals surface area contributed by atoms with Crippen LogP contribution >= 0.6 is 0 Å². The van der Waals surface area contributed by atoms with E-state index in [9.17, 15) is 14.7 Å². The summed E-state index contributed by atoms with van der Waals surface area (Å²) in [6, 6.07) is 4.00. The van der Waals surface area contributed by atoms with Crippen LogP contribution in [0.5, 0.6) is 0 Å². The normalized spacial score (nSPS) is 21.6. The van der Waals surface area contributed by atoms with Gasteiger partial charge in [-0.15, -0.1) is 0 Å². The maximum absolute atomic E-state index is 13.0. The summed E-state index contributed by atoms with van der Waals surface area (Å²) in [5.41, 5.74) is 1.02. The molecule has 2 aliphatic rings. The van der Waals surface area contributed by atoms with E-state index in [0.717, 1.165) is 31.2 Å². The monoisotopic (exact) mass is 345 g/mol. The second-order valence-electron chi connectivity index (χ2n) is 7.08. The molecule has 1 N–H and O–H groups in total. The van der Waals surface area contributed by atoms with Gasteiger partial charge in [0.05, 0.1) is 12.5 Å². The molecule has 0 bridgehead atoms. The standard InChI is InChI=1S/C19H27N3O3/c23-11-10-22(17-4-2-1-3-5-17)19(25)16-12-18(24)21(14-16)13-15-6-8-20-9-7-15/h6-9,16-17,23H,1-5,10-14H2/t16-/m0/s1. The fourth-order valence-electron chi connectivity index (χ4n) is 4.01. The van der Waals surface area contributed by atoms with E-state index < -0.39 is 0 Å². The molecule has 2 amide bonds. The van der Waals surface area contributed by atoms with E-state index in [2.05, 4.69) is 4.98 Å². The van der Waals surface area contributed by atoms with Crippen LogP contribution in [0.4, 0.5) is 0 Å². The van der Waals surface area contributed by atoms with Gasteiger partial charge in [0, 0.05) is 44.5 Å². The summed E-state index contributed by atoms with van der Waals surface area (Å²) in [7, 11) is 0. The van der Waals surface area contributed by atoms with Crippen molar-refractivity contribution in [2.45, 2.75) is 51.1 Å². The number of rotatable bonds is 6. The molecule has 6 nitrogen and oxygen atoms in total. The fraction of sp³-hybridized carbons (Fsp3) is 0.632. The number of hydrogen-bond donors (Lipinski definition) is 1. The van der Waals surface area contributed by atoms with Crippen LogP contribution in [0.3, 0.4) is 0 Å². The van der Waals surface area contributed by atoms with Crippen molar-refractivity contribution >= 4 is 11.8 Å². The largest absolute Gasteiger partial charge is 0.395 e. The highest BCUT2D eigenvalue weighted by Gasteiger charge is 2.38. The van der Waals surface area contributed by atoms with E-state index >= 15 is 0 Å². The van der Waals surface area contributed by atoms with Crippen LogP contribution in [-0.4, -0.2) is 57.4 Å². The first kappa shape index (κ1) is 17.9. The lowest BCUT2D eigenvalue weighted by Crippen LogP contribution is -2.46. The van der Waals surface area contributed by atoms with Gasteiger partial charge in [0.2, 0.25) is 11.8 Å². The van der Waals surface area contributed by atoms with Gasteiger partial charge in [-0.1, -0.05) is 19.3 Å². The minimum Gasteiger partial charge on any atom is -0.395 e. The minimum atomic E-state index is -0.289. The van der Waals surface area contributed by atoms with Crippen LogP contribution in [0.2, 0.25) is 0 Å². The molecule has 2 heterocycles. The van der Waals surface area contributed by atoms with Crippen molar-refractivity contribution in [2.75, 3.05) is 19.7 Å². The summed E-state index contributed by atoms with van der Waals surface area (Å²) in [4.78, 5) is 32.9. The fourth-order valence-corrected chi connectivity index (χ4v) is 4.01. The highest BCUT2D eigenvalue weighted by Crippen LogP contribution is 2.27. The second-order valence-corrected chi connectivity index (χ2v) is 7.08. The average Bonchev–Trinajstić information content (AvgIpc) is 3.01. The zero-order valence-corrected chi connectivity index (χ0v) is 14.6. The molecule has 1 aromatic rings. The summed E-state index contributed by atoms with van der Waals surface area (Å²) in [5.74, 6) is -0.225. The van der Waals surface area contributed by atoms with Crippen LogP contribution in [-0.2, 0) is 16.1 Å². The Morgan fingerprint density at radius 2 is 1.96 bits per heavy atom. The Bertz CT molecular complexity index is 587. The lowest BCUT2D eigenvalue weighted by atomic mass is 9.93. The van der Waals surface area contributed by atoms with Gasteiger partial charge in [-0.25, -0.2) is 0 Å². The van der Waals surface area contributed by atoms with Crippen LogP contribution in [0, 0.1) is 5.92 Å². The van der Waals surface area contributed by atoms with E-state index in [0.29, 0.717) is 19.6 Å². The molecule has 1 saturated carbocycles.